The van der Waals surface area contributed by atoms with Gasteiger partial charge in [0.15, 0.2) is 0 Å². The SMILES string of the molecule is CCN(CCC(=O)O)C(=O)c1ccc2ccccc2c1. The van der Waals surface area contributed by atoms with E-state index in [2.05, 4.69) is 0 Å². The Morgan fingerprint density at radius 2 is 1.80 bits per heavy atom. The van der Waals surface area contributed by atoms with Gasteiger partial charge in [-0.2, -0.15) is 0 Å². The standard InChI is InChI=1S/C16H17NO3/c1-2-17(10-9-15(18)19)16(20)14-8-7-12-5-3-4-6-13(12)11-14/h3-8,11H,2,9-10H2,1H3,(H,18,19). The molecule has 0 unspecified atom stereocenters. The molecule has 2 aromatic carbocycles. The Hall–Kier alpha value is -2.36. The average molecular weight is 271 g/mol. The quantitative estimate of drug-likeness (QED) is 0.909. The lowest BCUT2D eigenvalue weighted by atomic mass is 10.1. The van der Waals surface area contributed by atoms with Gasteiger partial charge in [-0.05, 0) is 29.8 Å². The summed E-state index contributed by atoms with van der Waals surface area (Å²) in [5, 5.41) is 10.8. The molecule has 1 amide bonds. The Kier molecular flexibility index (Phi) is 4.35. The zero-order valence-electron chi connectivity index (χ0n) is 11.4. The number of benzene rings is 2. The van der Waals surface area contributed by atoms with E-state index in [4.69, 9.17) is 5.11 Å². The molecule has 4 heteroatoms. The summed E-state index contributed by atoms with van der Waals surface area (Å²) in [6, 6.07) is 13.4. The molecule has 20 heavy (non-hydrogen) atoms. The number of hydrogen-bond donors (Lipinski definition) is 1. The molecular weight excluding hydrogens is 254 g/mol. The van der Waals surface area contributed by atoms with Crippen LogP contribution < -0.4 is 0 Å². The van der Waals surface area contributed by atoms with Crippen LogP contribution in [0.5, 0.6) is 0 Å². The number of fused-ring (bicyclic) bond motifs is 1. The number of aliphatic carboxylic acids is 1. The van der Waals surface area contributed by atoms with Crippen molar-refractivity contribution in [1.82, 2.24) is 4.90 Å². The highest BCUT2D eigenvalue weighted by Crippen LogP contribution is 2.17. The fraction of sp³-hybridized carbons (Fsp3) is 0.250. The van der Waals surface area contributed by atoms with E-state index in [-0.39, 0.29) is 18.9 Å². The third-order valence-electron chi connectivity index (χ3n) is 3.26. The van der Waals surface area contributed by atoms with Crippen molar-refractivity contribution in [3.63, 3.8) is 0 Å². The van der Waals surface area contributed by atoms with E-state index in [9.17, 15) is 9.59 Å². The van der Waals surface area contributed by atoms with E-state index in [1.807, 2.05) is 43.3 Å². The van der Waals surface area contributed by atoms with E-state index < -0.39 is 5.97 Å². The number of carboxylic acids is 1. The lowest BCUT2D eigenvalue weighted by molar-refractivity contribution is -0.137. The van der Waals surface area contributed by atoms with Gasteiger partial charge in [-0.25, -0.2) is 0 Å². The van der Waals surface area contributed by atoms with Crippen LogP contribution >= 0.6 is 0 Å². The Bertz CT molecular complexity index is 636. The van der Waals surface area contributed by atoms with E-state index in [0.717, 1.165) is 10.8 Å². The molecule has 0 aliphatic carbocycles. The van der Waals surface area contributed by atoms with E-state index in [0.29, 0.717) is 12.1 Å². The summed E-state index contributed by atoms with van der Waals surface area (Å²) in [7, 11) is 0. The molecular formula is C16H17NO3. The first-order valence-electron chi connectivity index (χ1n) is 6.61. The maximum atomic E-state index is 12.4. The highest BCUT2D eigenvalue weighted by atomic mass is 16.4. The Labute approximate surface area is 117 Å². The van der Waals surface area contributed by atoms with Gasteiger partial charge in [-0.3, -0.25) is 9.59 Å². The van der Waals surface area contributed by atoms with Gasteiger partial charge < -0.3 is 10.0 Å². The number of carbonyl (C=O) groups is 2. The molecule has 1 N–H and O–H groups in total. The van der Waals surface area contributed by atoms with Gasteiger partial charge >= 0.3 is 5.97 Å². The lowest BCUT2D eigenvalue weighted by Crippen LogP contribution is -2.32. The molecule has 0 bridgehead atoms. The monoisotopic (exact) mass is 271 g/mol. The van der Waals surface area contributed by atoms with Crippen LogP contribution in [0.25, 0.3) is 10.8 Å². The fourth-order valence-electron chi connectivity index (χ4n) is 2.14. The fourth-order valence-corrected chi connectivity index (χ4v) is 2.14. The molecule has 4 nitrogen and oxygen atoms in total. The molecule has 0 spiro atoms. The second-order valence-corrected chi connectivity index (χ2v) is 4.59. The molecule has 0 aliphatic rings. The van der Waals surface area contributed by atoms with Crippen LogP contribution in [0, 0.1) is 0 Å². The zero-order valence-corrected chi connectivity index (χ0v) is 11.4. The van der Waals surface area contributed by atoms with Crippen LogP contribution in [-0.2, 0) is 4.79 Å². The molecule has 0 aliphatic heterocycles. The van der Waals surface area contributed by atoms with E-state index >= 15 is 0 Å². The van der Waals surface area contributed by atoms with Crippen LogP contribution in [0.3, 0.4) is 0 Å². The van der Waals surface area contributed by atoms with E-state index in [1.54, 1.807) is 11.0 Å². The Morgan fingerprint density at radius 1 is 1.10 bits per heavy atom. The van der Waals surface area contributed by atoms with Gasteiger partial charge in [-0.1, -0.05) is 30.3 Å². The first-order chi connectivity index (χ1) is 9.61. The van der Waals surface area contributed by atoms with Crippen LogP contribution in [0.4, 0.5) is 0 Å². The molecule has 0 radical (unpaired) electrons. The maximum absolute atomic E-state index is 12.4. The van der Waals surface area contributed by atoms with Gasteiger partial charge in [0.25, 0.3) is 5.91 Å². The van der Waals surface area contributed by atoms with E-state index in [1.165, 1.54) is 0 Å². The van der Waals surface area contributed by atoms with Crippen LogP contribution in [-0.4, -0.2) is 35.0 Å². The highest BCUT2D eigenvalue weighted by Gasteiger charge is 2.15. The molecule has 2 aromatic rings. The number of rotatable bonds is 5. The molecule has 2 rings (SSSR count). The molecule has 0 saturated carbocycles. The number of hydrogen-bond acceptors (Lipinski definition) is 2. The zero-order chi connectivity index (χ0) is 14.5. The van der Waals surface area contributed by atoms with Gasteiger partial charge in [0.05, 0.1) is 6.42 Å². The first-order valence-corrected chi connectivity index (χ1v) is 6.61. The molecule has 0 aromatic heterocycles. The summed E-state index contributed by atoms with van der Waals surface area (Å²) in [6.07, 6.45) is -0.0346. The number of carbonyl (C=O) groups excluding carboxylic acids is 1. The smallest absolute Gasteiger partial charge is 0.305 e. The highest BCUT2D eigenvalue weighted by molar-refractivity contribution is 5.98. The van der Waals surface area contributed by atoms with Crippen molar-refractivity contribution in [2.75, 3.05) is 13.1 Å². The summed E-state index contributed by atoms with van der Waals surface area (Å²) >= 11 is 0. The third kappa shape index (κ3) is 3.15. The van der Waals surface area contributed by atoms with Gasteiger partial charge in [0.1, 0.15) is 0 Å². The predicted octanol–water partition coefficient (Wildman–Crippen LogP) is 2.78. The van der Waals surface area contributed by atoms with Crippen molar-refractivity contribution in [3.05, 3.63) is 48.0 Å². The second-order valence-electron chi connectivity index (χ2n) is 4.59. The molecule has 0 heterocycles. The molecule has 0 saturated heterocycles. The van der Waals surface area contributed by atoms with Gasteiger partial charge in [-0.15, -0.1) is 0 Å². The Morgan fingerprint density at radius 3 is 2.45 bits per heavy atom. The minimum atomic E-state index is -0.894. The minimum Gasteiger partial charge on any atom is -0.481 e. The van der Waals surface area contributed by atoms with Crippen LogP contribution in [0.1, 0.15) is 23.7 Å². The largest absolute Gasteiger partial charge is 0.481 e. The van der Waals surface area contributed by atoms with Crippen molar-refractivity contribution in [1.29, 1.82) is 0 Å². The topological polar surface area (TPSA) is 57.6 Å². The van der Waals surface area contributed by atoms with Gasteiger partial charge in [0, 0.05) is 18.7 Å². The minimum absolute atomic E-state index is 0.0346. The summed E-state index contributed by atoms with van der Waals surface area (Å²) in [6.45, 7) is 2.58. The summed E-state index contributed by atoms with van der Waals surface area (Å²) < 4.78 is 0. The van der Waals surface area contributed by atoms with Gasteiger partial charge in [0.2, 0.25) is 0 Å². The maximum Gasteiger partial charge on any atom is 0.305 e. The predicted molar refractivity (Wildman–Crippen MR) is 77.8 cm³/mol. The third-order valence-corrected chi connectivity index (χ3v) is 3.26. The Balaban J connectivity index is 2.22. The molecule has 104 valence electrons. The first kappa shape index (κ1) is 14.1. The van der Waals surface area contributed by atoms with Crippen molar-refractivity contribution in [3.8, 4) is 0 Å². The van der Waals surface area contributed by atoms with Crippen LogP contribution in [0.2, 0.25) is 0 Å². The lowest BCUT2D eigenvalue weighted by Gasteiger charge is -2.20. The molecule has 0 atom stereocenters. The second kappa shape index (κ2) is 6.19. The van der Waals surface area contributed by atoms with Crippen molar-refractivity contribution >= 4 is 22.6 Å². The van der Waals surface area contributed by atoms with Crippen molar-refractivity contribution in [2.45, 2.75) is 13.3 Å². The van der Waals surface area contributed by atoms with Crippen molar-refractivity contribution in [2.24, 2.45) is 0 Å². The summed E-state index contributed by atoms with van der Waals surface area (Å²) in [5.74, 6) is -1.02. The summed E-state index contributed by atoms with van der Waals surface area (Å²) in [4.78, 5) is 24.5. The normalized spacial score (nSPS) is 10.4. The summed E-state index contributed by atoms with van der Waals surface area (Å²) in [5.41, 5.74) is 0.593. The molecule has 0 fully saturated rings. The average Bonchev–Trinajstić information content (AvgIpc) is 2.47. The number of carboxylic acid groups (broad SMARTS) is 1. The van der Waals surface area contributed by atoms with Crippen LogP contribution in [0.15, 0.2) is 42.5 Å². The number of amides is 1. The number of nitrogens with zero attached hydrogens (tertiary/aromatic N) is 1. The van der Waals surface area contributed by atoms with Crippen molar-refractivity contribution < 1.29 is 14.7 Å².